The summed E-state index contributed by atoms with van der Waals surface area (Å²) in [5.41, 5.74) is 3.02. The quantitative estimate of drug-likeness (QED) is 0.858. The molecule has 0 aliphatic carbocycles. The predicted molar refractivity (Wildman–Crippen MR) is 84.3 cm³/mol. The Morgan fingerprint density at radius 3 is 2.57 bits per heavy atom. The number of para-hydroxylation sites is 1. The van der Waals surface area contributed by atoms with Crippen molar-refractivity contribution in [2.24, 2.45) is 0 Å². The molecule has 0 aliphatic heterocycles. The van der Waals surface area contributed by atoms with Gasteiger partial charge in [0.15, 0.2) is 0 Å². The molecule has 3 nitrogen and oxygen atoms in total. The zero-order chi connectivity index (χ0) is 15.2. The summed E-state index contributed by atoms with van der Waals surface area (Å²) < 4.78 is 0. The number of carbonyl (C=O) groups is 1. The average Bonchev–Trinajstić information content (AvgIpc) is 2.52. The lowest BCUT2D eigenvalue weighted by atomic mass is 10.0. The van der Waals surface area contributed by atoms with Crippen molar-refractivity contribution >= 4 is 11.6 Å². The minimum atomic E-state index is -0.226. The third kappa shape index (κ3) is 3.50. The maximum Gasteiger partial charge on any atom is 0.259 e. The molecule has 0 heterocycles. The summed E-state index contributed by atoms with van der Waals surface area (Å²) in [7, 11) is 1.74. The number of hydrogen-bond donors (Lipinski definition) is 1. The number of aryl methyl sites for hydroxylation is 1. The molecule has 0 atom stereocenters. The van der Waals surface area contributed by atoms with Gasteiger partial charge in [0.05, 0.1) is 5.56 Å². The van der Waals surface area contributed by atoms with Crippen molar-refractivity contribution in [2.45, 2.75) is 6.92 Å². The molecule has 2 aromatic rings. The number of anilines is 1. The van der Waals surface area contributed by atoms with E-state index in [0.717, 1.165) is 11.3 Å². The molecule has 1 amide bonds. The van der Waals surface area contributed by atoms with Crippen LogP contribution in [0.4, 0.5) is 5.69 Å². The smallest absolute Gasteiger partial charge is 0.259 e. The van der Waals surface area contributed by atoms with Crippen molar-refractivity contribution in [3.63, 3.8) is 0 Å². The molecule has 106 valence electrons. The van der Waals surface area contributed by atoms with Crippen LogP contribution in [0.25, 0.3) is 0 Å². The minimum absolute atomic E-state index is 0.122. The zero-order valence-corrected chi connectivity index (χ0v) is 12.1. The van der Waals surface area contributed by atoms with Crippen LogP contribution >= 0.6 is 0 Å². The first kappa shape index (κ1) is 14.8. The summed E-state index contributed by atoms with van der Waals surface area (Å²) in [6.07, 6.45) is 0. The Hall–Kier alpha value is -2.57. The fourth-order valence-electron chi connectivity index (χ4n) is 2.03. The second kappa shape index (κ2) is 6.74. The van der Waals surface area contributed by atoms with Crippen LogP contribution in [-0.2, 0) is 0 Å². The maximum atomic E-state index is 12.6. The molecule has 2 aromatic carbocycles. The molecule has 0 fully saturated rings. The van der Waals surface area contributed by atoms with Gasteiger partial charge in [-0.3, -0.25) is 4.79 Å². The third-order valence-electron chi connectivity index (χ3n) is 3.16. The van der Waals surface area contributed by atoms with Gasteiger partial charge in [0.25, 0.3) is 5.91 Å². The number of amides is 1. The average molecular weight is 279 g/mol. The van der Waals surface area contributed by atoms with Crippen molar-refractivity contribution in [3.8, 4) is 11.8 Å². The van der Waals surface area contributed by atoms with E-state index in [1.807, 2.05) is 49.4 Å². The topological polar surface area (TPSA) is 40.5 Å². The minimum Gasteiger partial charge on any atom is -0.384 e. The van der Waals surface area contributed by atoms with Crippen LogP contribution in [-0.4, -0.2) is 24.7 Å². The van der Waals surface area contributed by atoms with E-state index in [0.29, 0.717) is 11.1 Å². The second-order valence-electron chi connectivity index (χ2n) is 4.71. The van der Waals surface area contributed by atoms with E-state index in [2.05, 4.69) is 11.8 Å². The van der Waals surface area contributed by atoms with E-state index < -0.39 is 0 Å². The first-order valence-corrected chi connectivity index (χ1v) is 6.67. The first-order valence-electron chi connectivity index (χ1n) is 6.67. The van der Waals surface area contributed by atoms with Crippen molar-refractivity contribution in [2.75, 3.05) is 18.6 Å². The Balaban J connectivity index is 2.39. The zero-order valence-electron chi connectivity index (χ0n) is 12.1. The molecule has 0 aliphatic rings. The fourth-order valence-corrected chi connectivity index (χ4v) is 2.03. The van der Waals surface area contributed by atoms with Gasteiger partial charge < -0.3 is 10.0 Å². The Morgan fingerprint density at radius 2 is 1.90 bits per heavy atom. The van der Waals surface area contributed by atoms with Crippen LogP contribution in [0.3, 0.4) is 0 Å². The highest BCUT2D eigenvalue weighted by atomic mass is 16.2. The Morgan fingerprint density at radius 1 is 1.19 bits per heavy atom. The van der Waals surface area contributed by atoms with Crippen LogP contribution in [0.1, 0.15) is 21.5 Å². The number of nitrogens with zero attached hydrogens (tertiary/aromatic N) is 1. The molecule has 2 rings (SSSR count). The molecular weight excluding hydrogens is 262 g/mol. The lowest BCUT2D eigenvalue weighted by Crippen LogP contribution is -2.26. The third-order valence-corrected chi connectivity index (χ3v) is 3.16. The van der Waals surface area contributed by atoms with Crippen molar-refractivity contribution < 1.29 is 9.90 Å². The van der Waals surface area contributed by atoms with Gasteiger partial charge in [-0.1, -0.05) is 36.1 Å². The van der Waals surface area contributed by atoms with Gasteiger partial charge in [-0.25, -0.2) is 0 Å². The van der Waals surface area contributed by atoms with Crippen LogP contribution in [0.15, 0.2) is 48.5 Å². The Labute approximate surface area is 124 Å². The normalized spacial score (nSPS) is 9.67. The van der Waals surface area contributed by atoms with Crippen LogP contribution in [0, 0.1) is 18.8 Å². The van der Waals surface area contributed by atoms with Gasteiger partial charge in [0, 0.05) is 18.3 Å². The summed E-state index contributed by atoms with van der Waals surface area (Å²) in [4.78, 5) is 14.2. The molecule has 0 bridgehead atoms. The lowest BCUT2D eigenvalue weighted by molar-refractivity contribution is 0.0993. The maximum absolute atomic E-state index is 12.6. The van der Waals surface area contributed by atoms with Crippen molar-refractivity contribution in [3.05, 3.63) is 65.2 Å². The van der Waals surface area contributed by atoms with Gasteiger partial charge in [-0.15, -0.1) is 0 Å². The van der Waals surface area contributed by atoms with E-state index in [4.69, 9.17) is 5.11 Å². The molecule has 0 spiro atoms. The van der Waals surface area contributed by atoms with Gasteiger partial charge in [0.2, 0.25) is 0 Å². The number of benzene rings is 2. The summed E-state index contributed by atoms with van der Waals surface area (Å²) >= 11 is 0. The number of hydrogen-bond acceptors (Lipinski definition) is 2. The fraction of sp³-hybridized carbons (Fsp3) is 0.167. The lowest BCUT2D eigenvalue weighted by Gasteiger charge is -2.18. The highest BCUT2D eigenvalue weighted by Gasteiger charge is 2.16. The molecule has 0 aromatic heterocycles. The van der Waals surface area contributed by atoms with E-state index in [1.54, 1.807) is 18.0 Å². The standard InChI is InChI=1S/C18H17NO2/c1-14-10-11-17(15(13-14)7-6-12-20)18(21)19(2)16-8-4-3-5-9-16/h3-5,8-11,13,20H,12H2,1-2H3. The second-order valence-corrected chi connectivity index (χ2v) is 4.71. The predicted octanol–water partition coefficient (Wildman–Crippen LogP) is 2.62. The van der Waals surface area contributed by atoms with Gasteiger partial charge in [-0.05, 0) is 36.8 Å². The SMILES string of the molecule is Cc1ccc(C(=O)N(C)c2ccccc2)c(C#CCO)c1. The number of aliphatic hydroxyl groups is 1. The van der Waals surface area contributed by atoms with Crippen molar-refractivity contribution in [1.29, 1.82) is 0 Å². The van der Waals surface area contributed by atoms with Gasteiger partial charge >= 0.3 is 0 Å². The Kier molecular flexibility index (Phi) is 4.76. The summed E-state index contributed by atoms with van der Waals surface area (Å²) in [6.45, 7) is 1.72. The van der Waals surface area contributed by atoms with Crippen LogP contribution in [0.2, 0.25) is 0 Å². The molecule has 0 radical (unpaired) electrons. The van der Waals surface area contributed by atoms with Crippen LogP contribution < -0.4 is 4.90 Å². The molecule has 0 saturated heterocycles. The molecule has 0 unspecified atom stereocenters. The summed E-state index contributed by atoms with van der Waals surface area (Å²) in [6, 6.07) is 15.0. The van der Waals surface area contributed by atoms with E-state index >= 15 is 0 Å². The summed E-state index contributed by atoms with van der Waals surface area (Å²) in [5.74, 6) is 5.32. The molecule has 3 heteroatoms. The highest BCUT2D eigenvalue weighted by Crippen LogP contribution is 2.18. The molecule has 1 N–H and O–H groups in total. The molecule has 21 heavy (non-hydrogen) atoms. The number of carbonyl (C=O) groups excluding carboxylic acids is 1. The van der Waals surface area contributed by atoms with Crippen molar-refractivity contribution in [1.82, 2.24) is 0 Å². The molecular formula is C18H17NO2. The Bertz CT molecular complexity index is 696. The van der Waals surface area contributed by atoms with E-state index in [-0.39, 0.29) is 12.5 Å². The van der Waals surface area contributed by atoms with Gasteiger partial charge in [0.1, 0.15) is 6.61 Å². The van der Waals surface area contributed by atoms with E-state index in [1.165, 1.54) is 0 Å². The van der Waals surface area contributed by atoms with Crippen LogP contribution in [0.5, 0.6) is 0 Å². The summed E-state index contributed by atoms with van der Waals surface area (Å²) in [5, 5.41) is 8.84. The number of rotatable bonds is 2. The molecule has 0 saturated carbocycles. The largest absolute Gasteiger partial charge is 0.384 e. The van der Waals surface area contributed by atoms with Gasteiger partial charge in [-0.2, -0.15) is 0 Å². The number of aliphatic hydroxyl groups excluding tert-OH is 1. The highest BCUT2D eigenvalue weighted by molar-refractivity contribution is 6.07. The monoisotopic (exact) mass is 279 g/mol. The van der Waals surface area contributed by atoms with E-state index in [9.17, 15) is 4.79 Å². The first-order chi connectivity index (χ1) is 10.1.